The minimum absolute atomic E-state index is 0.0384. The van der Waals surface area contributed by atoms with Crippen molar-refractivity contribution < 1.29 is 18.3 Å². The fraction of sp³-hybridized carbons (Fsp3) is 0.571. The highest BCUT2D eigenvalue weighted by molar-refractivity contribution is 5.84. The molecular weight excluding hydrogens is 182 g/mol. The molecule has 13 heavy (non-hydrogen) atoms. The summed E-state index contributed by atoms with van der Waals surface area (Å²) in [6.45, 7) is 1.57. The van der Waals surface area contributed by atoms with E-state index >= 15 is 0 Å². The molecule has 1 unspecified atom stereocenters. The summed E-state index contributed by atoms with van der Waals surface area (Å²) in [5.41, 5.74) is -2.21. The van der Waals surface area contributed by atoms with Crippen molar-refractivity contribution in [2.75, 3.05) is 6.61 Å². The minimum atomic E-state index is -2.94. The number of hydrogen-bond acceptors (Lipinski definition) is 4. The number of halogens is 2. The number of azo groups is 1. The van der Waals surface area contributed by atoms with Gasteiger partial charge in [0.15, 0.2) is 0 Å². The van der Waals surface area contributed by atoms with Crippen LogP contribution in [-0.4, -0.2) is 24.5 Å². The van der Waals surface area contributed by atoms with Crippen molar-refractivity contribution in [3.63, 3.8) is 0 Å². The van der Waals surface area contributed by atoms with Crippen LogP contribution in [0.3, 0.4) is 0 Å². The van der Waals surface area contributed by atoms with Gasteiger partial charge in [-0.3, -0.25) is 0 Å². The predicted octanol–water partition coefficient (Wildman–Crippen LogP) is 1.53. The van der Waals surface area contributed by atoms with E-state index in [4.69, 9.17) is 0 Å². The molecule has 0 spiro atoms. The molecule has 1 aliphatic heterocycles. The number of rotatable bonds is 3. The highest BCUT2D eigenvalue weighted by Crippen LogP contribution is 2.28. The molecule has 0 aromatic rings. The van der Waals surface area contributed by atoms with Gasteiger partial charge < -0.3 is 4.74 Å². The van der Waals surface area contributed by atoms with Crippen LogP contribution in [-0.2, 0) is 9.53 Å². The van der Waals surface area contributed by atoms with Crippen LogP contribution in [0.25, 0.3) is 0 Å². The van der Waals surface area contributed by atoms with Crippen molar-refractivity contribution >= 4 is 5.97 Å². The summed E-state index contributed by atoms with van der Waals surface area (Å²) < 4.78 is 29.4. The first-order chi connectivity index (χ1) is 6.13. The fourth-order valence-corrected chi connectivity index (χ4v) is 0.870. The maximum Gasteiger partial charge on any atom is 0.346 e. The number of carbonyl (C=O) groups excluding carboxylic acids is 1. The van der Waals surface area contributed by atoms with E-state index in [0.717, 1.165) is 12.3 Å². The van der Waals surface area contributed by atoms with Gasteiger partial charge in [-0.1, -0.05) is 0 Å². The Hall–Kier alpha value is -1.33. The third kappa shape index (κ3) is 1.56. The lowest BCUT2D eigenvalue weighted by Gasteiger charge is -2.18. The van der Waals surface area contributed by atoms with Crippen LogP contribution in [0.4, 0.5) is 8.78 Å². The summed E-state index contributed by atoms with van der Waals surface area (Å²) in [5.74, 6) is -1.07. The van der Waals surface area contributed by atoms with Crippen LogP contribution in [0.2, 0.25) is 0 Å². The molecule has 0 aromatic heterocycles. The number of alkyl halides is 2. The molecule has 1 aliphatic rings. The molecule has 6 heteroatoms. The highest BCUT2D eigenvalue weighted by atomic mass is 19.3. The van der Waals surface area contributed by atoms with Gasteiger partial charge in [0.25, 0.3) is 12.0 Å². The van der Waals surface area contributed by atoms with E-state index in [1.807, 2.05) is 0 Å². The molecule has 1 rings (SSSR count). The smallest absolute Gasteiger partial charge is 0.346 e. The molecule has 0 aromatic carbocycles. The van der Waals surface area contributed by atoms with E-state index in [1.165, 1.54) is 6.92 Å². The van der Waals surface area contributed by atoms with Crippen molar-refractivity contribution in [3.8, 4) is 0 Å². The van der Waals surface area contributed by atoms with Crippen molar-refractivity contribution in [1.82, 2.24) is 0 Å². The summed E-state index contributed by atoms with van der Waals surface area (Å²) in [6.07, 6.45) is -0.937. The maximum atomic E-state index is 12.5. The Bertz CT molecular complexity index is 251. The zero-order valence-corrected chi connectivity index (χ0v) is 6.91. The molecule has 72 valence electrons. The average Bonchev–Trinajstić information content (AvgIpc) is 2.53. The van der Waals surface area contributed by atoms with Crippen molar-refractivity contribution in [1.29, 1.82) is 0 Å². The number of nitrogens with zero attached hydrogens (tertiary/aromatic N) is 2. The van der Waals surface area contributed by atoms with Gasteiger partial charge in [-0.15, -0.1) is 0 Å². The van der Waals surface area contributed by atoms with E-state index in [1.54, 1.807) is 0 Å². The lowest BCUT2D eigenvalue weighted by molar-refractivity contribution is -0.152. The van der Waals surface area contributed by atoms with Gasteiger partial charge in [-0.05, 0) is 13.0 Å². The molecule has 4 nitrogen and oxygen atoms in total. The van der Waals surface area contributed by atoms with Crippen LogP contribution < -0.4 is 0 Å². The Labute approximate surface area is 73.3 Å². The van der Waals surface area contributed by atoms with Gasteiger partial charge in [0.1, 0.15) is 0 Å². The lowest BCUT2D eigenvalue weighted by atomic mass is 10.0. The Morgan fingerprint density at radius 1 is 1.69 bits per heavy atom. The second kappa shape index (κ2) is 3.59. The van der Waals surface area contributed by atoms with E-state index in [0.29, 0.717) is 0 Å². The SMILES string of the molecule is CCOC(=O)C1(C(F)F)C=CN=N1. The van der Waals surface area contributed by atoms with E-state index in [2.05, 4.69) is 15.0 Å². The molecule has 0 saturated carbocycles. The van der Waals surface area contributed by atoms with Gasteiger partial charge >= 0.3 is 5.97 Å². The van der Waals surface area contributed by atoms with Crippen LogP contribution in [0, 0.1) is 0 Å². The monoisotopic (exact) mass is 190 g/mol. The van der Waals surface area contributed by atoms with Gasteiger partial charge in [0.2, 0.25) is 0 Å². The summed E-state index contributed by atoms with van der Waals surface area (Å²) in [4.78, 5) is 11.1. The highest BCUT2D eigenvalue weighted by Gasteiger charge is 2.49. The van der Waals surface area contributed by atoms with Crippen LogP contribution in [0.15, 0.2) is 22.5 Å². The van der Waals surface area contributed by atoms with Crippen molar-refractivity contribution in [2.24, 2.45) is 10.2 Å². The topological polar surface area (TPSA) is 51.0 Å². The van der Waals surface area contributed by atoms with Gasteiger partial charge in [-0.25, -0.2) is 13.6 Å². The second-order valence-electron chi connectivity index (χ2n) is 2.38. The number of esters is 1. The Kier molecular flexibility index (Phi) is 2.69. The third-order valence-corrected chi connectivity index (χ3v) is 1.55. The molecule has 0 saturated heterocycles. The zero-order valence-electron chi connectivity index (χ0n) is 6.91. The van der Waals surface area contributed by atoms with E-state index < -0.39 is 17.9 Å². The molecule has 1 atom stereocenters. The van der Waals surface area contributed by atoms with Crippen LogP contribution >= 0.6 is 0 Å². The van der Waals surface area contributed by atoms with E-state index in [-0.39, 0.29) is 6.61 Å². The number of hydrogen-bond donors (Lipinski definition) is 0. The maximum absolute atomic E-state index is 12.5. The predicted molar refractivity (Wildman–Crippen MR) is 39.4 cm³/mol. The third-order valence-electron chi connectivity index (χ3n) is 1.55. The first-order valence-electron chi connectivity index (χ1n) is 3.68. The molecule has 1 heterocycles. The summed E-state index contributed by atoms with van der Waals surface area (Å²) >= 11 is 0. The Morgan fingerprint density at radius 2 is 2.38 bits per heavy atom. The summed E-state index contributed by atoms with van der Waals surface area (Å²) in [7, 11) is 0. The Balaban J connectivity index is 2.86. The summed E-state index contributed by atoms with van der Waals surface area (Å²) in [6, 6.07) is 0. The van der Waals surface area contributed by atoms with Gasteiger partial charge in [0.05, 0.1) is 6.61 Å². The average molecular weight is 190 g/mol. The fourth-order valence-electron chi connectivity index (χ4n) is 0.870. The van der Waals surface area contributed by atoms with E-state index in [9.17, 15) is 13.6 Å². The largest absolute Gasteiger partial charge is 0.464 e. The number of carbonyl (C=O) groups is 1. The van der Waals surface area contributed by atoms with Crippen molar-refractivity contribution in [2.45, 2.75) is 18.9 Å². The molecule has 0 amide bonds. The molecule has 0 N–H and O–H groups in total. The standard InChI is InChI=1S/C7H8F2N2O2/c1-2-13-6(12)7(5(8)9)3-4-10-11-7/h3-5H,2H2,1H3. The van der Waals surface area contributed by atoms with Crippen LogP contribution in [0.1, 0.15) is 6.92 Å². The molecular formula is C7H8F2N2O2. The molecule has 0 aliphatic carbocycles. The van der Waals surface area contributed by atoms with Gasteiger partial charge in [0, 0.05) is 6.20 Å². The first-order valence-corrected chi connectivity index (χ1v) is 3.68. The van der Waals surface area contributed by atoms with Crippen molar-refractivity contribution in [3.05, 3.63) is 12.3 Å². The molecule has 0 fully saturated rings. The normalized spacial score (nSPS) is 25.5. The number of ether oxygens (including phenoxy) is 1. The Morgan fingerprint density at radius 3 is 2.77 bits per heavy atom. The van der Waals surface area contributed by atoms with Gasteiger partial charge in [-0.2, -0.15) is 10.2 Å². The molecule has 0 bridgehead atoms. The quantitative estimate of drug-likeness (QED) is 0.633. The van der Waals surface area contributed by atoms with Crippen LogP contribution in [0.5, 0.6) is 0 Å². The first kappa shape index (κ1) is 9.76. The lowest BCUT2D eigenvalue weighted by Crippen LogP contribution is -2.42. The zero-order chi connectivity index (χ0) is 9.90. The second-order valence-corrected chi connectivity index (χ2v) is 2.38. The summed E-state index contributed by atoms with van der Waals surface area (Å²) in [5, 5.41) is 6.40. The molecule has 0 radical (unpaired) electrons. The minimum Gasteiger partial charge on any atom is -0.464 e.